The lowest BCUT2D eigenvalue weighted by molar-refractivity contribution is 0.0937. The molecule has 20 heavy (non-hydrogen) atoms. The van der Waals surface area contributed by atoms with E-state index in [0.29, 0.717) is 12.1 Å². The molecule has 4 heteroatoms. The van der Waals surface area contributed by atoms with E-state index < -0.39 is 0 Å². The zero-order valence-corrected chi connectivity index (χ0v) is 12.4. The van der Waals surface area contributed by atoms with E-state index in [2.05, 4.69) is 5.32 Å². The number of carbonyl (C=O) groups is 1. The molecule has 3 rings (SSSR count). The van der Waals surface area contributed by atoms with Gasteiger partial charge in [-0.3, -0.25) is 4.79 Å². The maximum absolute atomic E-state index is 12.3. The monoisotopic (exact) mass is 287 g/mol. The number of benzene rings is 1. The number of ether oxygens (including phenoxy) is 1. The number of thiophene rings is 1. The summed E-state index contributed by atoms with van der Waals surface area (Å²) in [4.78, 5) is 13.5. The first-order valence-corrected chi connectivity index (χ1v) is 7.55. The maximum Gasteiger partial charge on any atom is 0.255 e. The highest BCUT2D eigenvalue weighted by molar-refractivity contribution is 7.09. The summed E-state index contributed by atoms with van der Waals surface area (Å²) in [7, 11) is 0. The molecule has 3 nitrogen and oxygen atoms in total. The topological polar surface area (TPSA) is 38.3 Å². The highest BCUT2D eigenvalue weighted by Crippen LogP contribution is 2.37. The Hall–Kier alpha value is -1.81. The van der Waals surface area contributed by atoms with Crippen LogP contribution in [0.2, 0.25) is 0 Å². The molecular weight excluding hydrogens is 270 g/mol. The van der Waals surface area contributed by atoms with Gasteiger partial charge in [-0.25, -0.2) is 0 Å². The Morgan fingerprint density at radius 3 is 2.95 bits per heavy atom. The average Bonchev–Trinajstić information content (AvgIpc) is 3.00. The Morgan fingerprint density at radius 1 is 1.35 bits per heavy atom. The van der Waals surface area contributed by atoms with Crippen molar-refractivity contribution in [1.29, 1.82) is 0 Å². The van der Waals surface area contributed by atoms with Crippen LogP contribution in [-0.2, 0) is 13.0 Å². The Morgan fingerprint density at radius 2 is 2.20 bits per heavy atom. The lowest BCUT2D eigenvalue weighted by atomic mass is 10.0. The van der Waals surface area contributed by atoms with Crippen molar-refractivity contribution in [2.45, 2.75) is 32.4 Å². The van der Waals surface area contributed by atoms with Gasteiger partial charge in [-0.1, -0.05) is 18.2 Å². The van der Waals surface area contributed by atoms with Gasteiger partial charge in [0.15, 0.2) is 0 Å². The highest BCUT2D eigenvalue weighted by atomic mass is 32.1. The van der Waals surface area contributed by atoms with E-state index in [9.17, 15) is 4.79 Å². The number of carbonyl (C=O) groups excluding carboxylic acids is 1. The van der Waals surface area contributed by atoms with Crippen LogP contribution < -0.4 is 10.1 Å². The van der Waals surface area contributed by atoms with Crippen LogP contribution in [0.1, 0.15) is 34.6 Å². The second-order valence-electron chi connectivity index (χ2n) is 5.59. The number of nitrogens with one attached hydrogen (secondary N) is 1. The number of fused-ring (bicyclic) bond motifs is 1. The van der Waals surface area contributed by atoms with Crippen molar-refractivity contribution in [3.63, 3.8) is 0 Å². The van der Waals surface area contributed by atoms with Crippen molar-refractivity contribution in [1.82, 2.24) is 5.32 Å². The van der Waals surface area contributed by atoms with Gasteiger partial charge in [0.25, 0.3) is 5.91 Å². The second kappa shape index (κ2) is 4.94. The van der Waals surface area contributed by atoms with Gasteiger partial charge in [-0.15, -0.1) is 11.3 Å². The van der Waals surface area contributed by atoms with Crippen molar-refractivity contribution in [3.8, 4) is 5.75 Å². The first-order chi connectivity index (χ1) is 9.55. The Labute approximate surface area is 122 Å². The fourth-order valence-corrected chi connectivity index (χ4v) is 3.11. The third kappa shape index (κ3) is 2.56. The molecule has 0 bridgehead atoms. The molecule has 0 atom stereocenters. The summed E-state index contributed by atoms with van der Waals surface area (Å²) >= 11 is 1.64. The lowest BCUT2D eigenvalue weighted by Crippen LogP contribution is -2.26. The maximum atomic E-state index is 12.3. The molecular formula is C16H17NO2S. The molecule has 0 fully saturated rings. The number of hydrogen-bond donors (Lipinski definition) is 1. The van der Waals surface area contributed by atoms with Crippen LogP contribution in [0, 0.1) is 0 Å². The molecule has 0 unspecified atom stereocenters. The predicted molar refractivity (Wildman–Crippen MR) is 80.3 cm³/mol. The van der Waals surface area contributed by atoms with Crippen molar-refractivity contribution in [3.05, 3.63) is 51.7 Å². The van der Waals surface area contributed by atoms with Gasteiger partial charge >= 0.3 is 0 Å². The number of para-hydroxylation sites is 1. The Balaban J connectivity index is 1.78. The van der Waals surface area contributed by atoms with Gasteiger partial charge in [0.2, 0.25) is 0 Å². The Kier molecular flexibility index (Phi) is 3.26. The zero-order valence-electron chi connectivity index (χ0n) is 11.6. The van der Waals surface area contributed by atoms with E-state index in [1.165, 1.54) is 0 Å². The highest BCUT2D eigenvalue weighted by Gasteiger charge is 2.32. The summed E-state index contributed by atoms with van der Waals surface area (Å²) in [6.45, 7) is 4.64. The van der Waals surface area contributed by atoms with Gasteiger partial charge in [0.1, 0.15) is 11.4 Å². The number of hydrogen-bond acceptors (Lipinski definition) is 3. The number of amides is 1. The summed E-state index contributed by atoms with van der Waals surface area (Å²) in [6.07, 6.45) is 0.842. The van der Waals surface area contributed by atoms with Crippen LogP contribution in [0.4, 0.5) is 0 Å². The predicted octanol–water partition coefficient (Wildman–Crippen LogP) is 3.39. The molecule has 1 aromatic heterocycles. The molecule has 0 spiro atoms. The van der Waals surface area contributed by atoms with Crippen LogP contribution in [-0.4, -0.2) is 11.5 Å². The molecule has 1 N–H and O–H groups in total. The summed E-state index contributed by atoms with van der Waals surface area (Å²) in [5, 5.41) is 4.96. The molecule has 0 radical (unpaired) electrons. The summed E-state index contributed by atoms with van der Waals surface area (Å²) < 4.78 is 5.93. The molecule has 0 saturated heterocycles. The molecule has 104 valence electrons. The first kappa shape index (κ1) is 13.2. The number of rotatable bonds is 3. The molecule has 0 saturated carbocycles. The molecule has 2 heterocycles. The first-order valence-electron chi connectivity index (χ1n) is 6.67. The van der Waals surface area contributed by atoms with Gasteiger partial charge in [-0.2, -0.15) is 0 Å². The van der Waals surface area contributed by atoms with Crippen molar-refractivity contribution in [2.75, 3.05) is 0 Å². The van der Waals surface area contributed by atoms with Crippen LogP contribution in [0.15, 0.2) is 35.7 Å². The van der Waals surface area contributed by atoms with Gasteiger partial charge in [-0.05, 0) is 36.9 Å². The van der Waals surface area contributed by atoms with Crippen LogP contribution in [0.25, 0.3) is 0 Å². The minimum Gasteiger partial charge on any atom is -0.486 e. The average molecular weight is 287 g/mol. The van der Waals surface area contributed by atoms with Crippen LogP contribution in [0.3, 0.4) is 0 Å². The molecule has 1 aliphatic heterocycles. The van der Waals surface area contributed by atoms with Gasteiger partial charge < -0.3 is 10.1 Å². The molecule has 1 amide bonds. The minimum atomic E-state index is -0.230. The molecule has 1 aliphatic rings. The Bertz CT molecular complexity index is 632. The normalized spacial score (nSPS) is 15.5. The van der Waals surface area contributed by atoms with E-state index in [0.717, 1.165) is 22.6 Å². The third-order valence-electron chi connectivity index (χ3n) is 3.34. The van der Waals surface area contributed by atoms with E-state index in [-0.39, 0.29) is 11.5 Å². The van der Waals surface area contributed by atoms with Crippen LogP contribution >= 0.6 is 11.3 Å². The van der Waals surface area contributed by atoms with Crippen molar-refractivity contribution >= 4 is 17.2 Å². The fourth-order valence-electron chi connectivity index (χ4n) is 2.47. The van der Waals surface area contributed by atoms with Crippen LogP contribution in [0.5, 0.6) is 5.75 Å². The van der Waals surface area contributed by atoms with Gasteiger partial charge in [0.05, 0.1) is 12.1 Å². The van der Waals surface area contributed by atoms with Crippen molar-refractivity contribution in [2.24, 2.45) is 0 Å². The molecule has 0 aliphatic carbocycles. The summed E-state index contributed by atoms with van der Waals surface area (Å²) in [5.74, 6) is 0.661. The quantitative estimate of drug-likeness (QED) is 0.939. The molecule has 2 aromatic rings. The van der Waals surface area contributed by atoms with E-state index in [4.69, 9.17) is 4.74 Å². The summed E-state index contributed by atoms with van der Waals surface area (Å²) in [5.41, 5.74) is 1.51. The minimum absolute atomic E-state index is 0.0760. The second-order valence-corrected chi connectivity index (χ2v) is 6.63. The van der Waals surface area contributed by atoms with E-state index >= 15 is 0 Å². The zero-order chi connectivity index (χ0) is 14.2. The lowest BCUT2D eigenvalue weighted by Gasteiger charge is -2.18. The smallest absolute Gasteiger partial charge is 0.255 e. The van der Waals surface area contributed by atoms with Gasteiger partial charge in [0, 0.05) is 11.3 Å². The van der Waals surface area contributed by atoms with Crippen molar-refractivity contribution < 1.29 is 9.53 Å². The SMILES string of the molecule is CC1(C)Cc2cccc(C(=O)NCc3cccs3)c2O1. The van der Waals surface area contributed by atoms with E-state index in [1.54, 1.807) is 11.3 Å². The summed E-state index contributed by atoms with van der Waals surface area (Å²) in [6, 6.07) is 9.77. The standard InChI is InChI=1S/C16H17NO2S/c1-16(2)9-11-5-3-7-13(14(11)19-16)15(18)17-10-12-6-4-8-20-12/h3-8H,9-10H2,1-2H3,(H,17,18). The fraction of sp³-hybridized carbons (Fsp3) is 0.312. The van der Waals surface area contributed by atoms with E-state index in [1.807, 2.05) is 49.6 Å². The molecule has 1 aromatic carbocycles. The largest absolute Gasteiger partial charge is 0.486 e. The third-order valence-corrected chi connectivity index (χ3v) is 4.22.